The second kappa shape index (κ2) is 8.95. The van der Waals surface area contributed by atoms with Gasteiger partial charge in [-0.3, -0.25) is 9.59 Å². The maximum atomic E-state index is 13.6. The zero-order chi connectivity index (χ0) is 20.9. The first-order valence-electron chi connectivity index (χ1n) is 10.00. The van der Waals surface area contributed by atoms with Crippen LogP contribution in [0.5, 0.6) is 0 Å². The Balaban J connectivity index is 1.53. The Bertz CT molecular complexity index is 1000. The van der Waals surface area contributed by atoms with Crippen molar-refractivity contribution in [2.45, 2.75) is 18.9 Å². The number of carbonyl (C=O) groups is 2. The molecule has 1 fully saturated rings. The first-order valence-corrected chi connectivity index (χ1v) is 10.00. The zero-order valence-corrected chi connectivity index (χ0v) is 16.5. The highest BCUT2D eigenvalue weighted by molar-refractivity contribution is 5.94. The van der Waals surface area contributed by atoms with E-state index in [0.29, 0.717) is 37.4 Å². The van der Waals surface area contributed by atoms with Crippen molar-refractivity contribution in [1.29, 1.82) is 0 Å². The molecule has 0 spiro atoms. The molecular formula is C24H23FN2O3. The number of rotatable bonds is 5. The molecule has 4 rings (SSSR count). The highest BCUT2D eigenvalue weighted by Crippen LogP contribution is 2.31. The van der Waals surface area contributed by atoms with Crippen molar-refractivity contribution in [3.63, 3.8) is 0 Å². The van der Waals surface area contributed by atoms with Crippen molar-refractivity contribution in [3.05, 3.63) is 95.7 Å². The summed E-state index contributed by atoms with van der Waals surface area (Å²) in [5, 5.41) is 2.90. The third kappa shape index (κ3) is 4.59. The standard InChI is InChI=1S/C24H23FN2O3/c25-21-9-4-8-18(13-21)24(29)27-15-19(17-6-2-1-3-7-17)12-20(16-27)23(28)26-14-22-10-5-11-30-22/h1-11,13,19-20H,12,14-16H2,(H,26,28). The van der Waals surface area contributed by atoms with Crippen LogP contribution in [0.2, 0.25) is 0 Å². The van der Waals surface area contributed by atoms with Gasteiger partial charge in [0.2, 0.25) is 5.91 Å². The highest BCUT2D eigenvalue weighted by Gasteiger charge is 2.34. The fourth-order valence-corrected chi connectivity index (χ4v) is 3.96. The van der Waals surface area contributed by atoms with Gasteiger partial charge in [-0.05, 0) is 42.3 Å². The summed E-state index contributed by atoms with van der Waals surface area (Å²) >= 11 is 0. The van der Waals surface area contributed by atoms with Crippen molar-refractivity contribution >= 4 is 11.8 Å². The van der Waals surface area contributed by atoms with Crippen LogP contribution in [-0.2, 0) is 11.3 Å². The molecule has 154 valence electrons. The minimum absolute atomic E-state index is 0.0248. The van der Waals surface area contributed by atoms with Crippen LogP contribution >= 0.6 is 0 Å². The van der Waals surface area contributed by atoms with Crippen LogP contribution in [-0.4, -0.2) is 29.8 Å². The Labute approximate surface area is 174 Å². The van der Waals surface area contributed by atoms with Gasteiger partial charge < -0.3 is 14.6 Å². The summed E-state index contributed by atoms with van der Waals surface area (Å²) in [5.41, 5.74) is 1.37. The lowest BCUT2D eigenvalue weighted by molar-refractivity contribution is -0.126. The van der Waals surface area contributed by atoms with E-state index in [4.69, 9.17) is 4.42 Å². The number of carbonyl (C=O) groups excluding carboxylic acids is 2. The maximum Gasteiger partial charge on any atom is 0.253 e. The summed E-state index contributed by atoms with van der Waals surface area (Å²) in [6.07, 6.45) is 2.20. The molecule has 1 aromatic heterocycles. The Morgan fingerprint density at radius 1 is 1.03 bits per heavy atom. The predicted molar refractivity (Wildman–Crippen MR) is 110 cm³/mol. The van der Waals surface area contributed by atoms with Crippen LogP contribution in [0.15, 0.2) is 77.4 Å². The molecule has 0 saturated carbocycles. The molecule has 2 heterocycles. The summed E-state index contributed by atoms with van der Waals surface area (Å²) in [6, 6.07) is 19.1. The monoisotopic (exact) mass is 406 g/mol. The Morgan fingerprint density at radius 3 is 2.60 bits per heavy atom. The summed E-state index contributed by atoms with van der Waals surface area (Å²) in [6.45, 7) is 1.08. The van der Waals surface area contributed by atoms with E-state index < -0.39 is 5.82 Å². The smallest absolute Gasteiger partial charge is 0.253 e. The van der Waals surface area contributed by atoms with Crippen LogP contribution in [0.25, 0.3) is 0 Å². The molecule has 1 saturated heterocycles. The van der Waals surface area contributed by atoms with E-state index in [0.717, 1.165) is 5.56 Å². The zero-order valence-electron chi connectivity index (χ0n) is 16.5. The summed E-state index contributed by atoms with van der Waals surface area (Å²) in [7, 11) is 0. The lowest BCUT2D eigenvalue weighted by Crippen LogP contribution is -2.48. The number of nitrogens with one attached hydrogen (secondary N) is 1. The lowest BCUT2D eigenvalue weighted by Gasteiger charge is -2.37. The van der Waals surface area contributed by atoms with Crippen LogP contribution in [0.3, 0.4) is 0 Å². The molecule has 30 heavy (non-hydrogen) atoms. The van der Waals surface area contributed by atoms with E-state index in [9.17, 15) is 14.0 Å². The third-order valence-corrected chi connectivity index (χ3v) is 5.47. The maximum absolute atomic E-state index is 13.6. The quantitative estimate of drug-likeness (QED) is 0.697. The van der Waals surface area contributed by atoms with E-state index in [1.165, 1.54) is 18.2 Å². The van der Waals surface area contributed by atoms with Gasteiger partial charge >= 0.3 is 0 Å². The fourth-order valence-electron chi connectivity index (χ4n) is 3.96. The minimum atomic E-state index is -0.454. The van der Waals surface area contributed by atoms with Gasteiger partial charge in [-0.25, -0.2) is 4.39 Å². The van der Waals surface area contributed by atoms with E-state index in [-0.39, 0.29) is 23.7 Å². The summed E-state index contributed by atoms with van der Waals surface area (Å²) in [5.74, 6) is -0.507. The van der Waals surface area contributed by atoms with Gasteiger partial charge in [-0.1, -0.05) is 36.4 Å². The minimum Gasteiger partial charge on any atom is -0.467 e. The van der Waals surface area contributed by atoms with Crippen molar-refractivity contribution in [2.75, 3.05) is 13.1 Å². The average molecular weight is 406 g/mol. The van der Waals surface area contributed by atoms with Gasteiger partial charge in [0.15, 0.2) is 0 Å². The predicted octanol–water partition coefficient (Wildman–Crippen LogP) is 3.98. The fraction of sp³-hybridized carbons (Fsp3) is 0.250. The molecule has 1 aliphatic rings. The number of hydrogen-bond acceptors (Lipinski definition) is 3. The molecule has 1 N–H and O–H groups in total. The van der Waals surface area contributed by atoms with Crippen molar-refractivity contribution in [2.24, 2.45) is 5.92 Å². The van der Waals surface area contributed by atoms with Gasteiger partial charge in [-0.15, -0.1) is 0 Å². The molecular weight excluding hydrogens is 383 g/mol. The van der Waals surface area contributed by atoms with Gasteiger partial charge in [-0.2, -0.15) is 0 Å². The number of benzene rings is 2. The van der Waals surface area contributed by atoms with Crippen LogP contribution in [0.1, 0.15) is 34.0 Å². The molecule has 1 aliphatic heterocycles. The number of hydrogen-bond donors (Lipinski definition) is 1. The summed E-state index contributed by atoms with van der Waals surface area (Å²) < 4.78 is 18.9. The Kier molecular flexibility index (Phi) is 5.93. The van der Waals surface area contributed by atoms with E-state index >= 15 is 0 Å². The van der Waals surface area contributed by atoms with E-state index in [1.807, 2.05) is 30.3 Å². The van der Waals surface area contributed by atoms with Crippen molar-refractivity contribution in [1.82, 2.24) is 10.2 Å². The van der Waals surface area contributed by atoms with Crippen LogP contribution in [0.4, 0.5) is 4.39 Å². The molecule has 0 aliphatic carbocycles. The number of nitrogens with zero attached hydrogens (tertiary/aromatic N) is 1. The summed E-state index contributed by atoms with van der Waals surface area (Å²) in [4.78, 5) is 27.6. The van der Waals surface area contributed by atoms with Crippen LogP contribution < -0.4 is 5.32 Å². The molecule has 6 heteroatoms. The second-order valence-corrected chi connectivity index (χ2v) is 7.56. The molecule has 2 amide bonds. The van der Waals surface area contributed by atoms with Crippen LogP contribution in [0, 0.1) is 11.7 Å². The van der Waals surface area contributed by atoms with Gasteiger partial charge in [0.25, 0.3) is 5.91 Å². The molecule has 0 radical (unpaired) electrons. The second-order valence-electron chi connectivity index (χ2n) is 7.56. The average Bonchev–Trinajstić information content (AvgIpc) is 3.31. The number of halogens is 1. The SMILES string of the molecule is O=C(NCc1ccco1)C1CC(c2ccccc2)CN(C(=O)c2cccc(F)c2)C1. The van der Waals surface area contributed by atoms with E-state index in [2.05, 4.69) is 5.32 Å². The van der Waals surface area contributed by atoms with Gasteiger partial charge in [0, 0.05) is 24.6 Å². The Hall–Kier alpha value is -3.41. The number of likely N-dealkylation sites (tertiary alicyclic amines) is 1. The molecule has 0 bridgehead atoms. The normalized spacial score (nSPS) is 18.8. The number of furan rings is 1. The molecule has 2 atom stereocenters. The highest BCUT2D eigenvalue weighted by atomic mass is 19.1. The largest absolute Gasteiger partial charge is 0.467 e. The molecule has 2 unspecified atom stereocenters. The topological polar surface area (TPSA) is 62.6 Å². The molecule has 2 aromatic carbocycles. The van der Waals surface area contributed by atoms with Gasteiger partial charge in [0.1, 0.15) is 11.6 Å². The number of amides is 2. The van der Waals surface area contributed by atoms with E-state index in [1.54, 1.807) is 29.4 Å². The molecule has 5 nitrogen and oxygen atoms in total. The first kappa shape index (κ1) is 19.9. The molecule has 3 aromatic rings. The lowest BCUT2D eigenvalue weighted by atomic mass is 9.83. The first-order chi connectivity index (χ1) is 14.6. The third-order valence-electron chi connectivity index (χ3n) is 5.47. The van der Waals surface area contributed by atoms with Crippen molar-refractivity contribution < 1.29 is 18.4 Å². The van der Waals surface area contributed by atoms with Gasteiger partial charge in [0.05, 0.1) is 18.7 Å². The Morgan fingerprint density at radius 2 is 1.87 bits per heavy atom. The number of piperidine rings is 1. The van der Waals surface area contributed by atoms with Crippen molar-refractivity contribution in [3.8, 4) is 0 Å².